The number of hydrogen-bond acceptors (Lipinski definition) is 3. The summed E-state index contributed by atoms with van der Waals surface area (Å²) in [5.41, 5.74) is 8.35. The number of carbonyl (C=O) groups is 2. The van der Waals surface area contributed by atoms with E-state index in [0.717, 1.165) is 17.7 Å². The second kappa shape index (κ2) is 4.45. The third-order valence-corrected chi connectivity index (χ3v) is 2.88. The molecule has 0 aromatic heterocycles. The van der Waals surface area contributed by atoms with Gasteiger partial charge in [0, 0.05) is 24.3 Å². The smallest absolute Gasteiger partial charge is 0.328 e. The van der Waals surface area contributed by atoms with Crippen LogP contribution in [0.1, 0.15) is 18.9 Å². The topological polar surface area (TPSA) is 75.4 Å². The molecule has 1 aromatic carbocycles. The Morgan fingerprint density at radius 3 is 2.76 bits per heavy atom. The van der Waals surface area contributed by atoms with Gasteiger partial charge in [0.2, 0.25) is 5.91 Å². The summed E-state index contributed by atoms with van der Waals surface area (Å²) in [5, 5.41) is 2.28. The van der Waals surface area contributed by atoms with Crippen LogP contribution in [0.15, 0.2) is 18.2 Å². The summed E-state index contributed by atoms with van der Waals surface area (Å²) in [4.78, 5) is 24.2. The average Bonchev–Trinajstić information content (AvgIpc) is 2.29. The van der Waals surface area contributed by atoms with Gasteiger partial charge in [-0.3, -0.25) is 15.0 Å². The molecule has 0 unspecified atom stereocenters. The van der Waals surface area contributed by atoms with Gasteiger partial charge in [-0.25, -0.2) is 4.79 Å². The highest BCUT2D eigenvalue weighted by atomic mass is 16.2. The van der Waals surface area contributed by atoms with Gasteiger partial charge in [-0.05, 0) is 24.1 Å². The Balaban J connectivity index is 2.25. The Kier molecular flexibility index (Phi) is 2.99. The fourth-order valence-corrected chi connectivity index (χ4v) is 1.88. The first kappa shape index (κ1) is 11.4. The summed E-state index contributed by atoms with van der Waals surface area (Å²) in [6, 6.07) is 5.15. The molecule has 17 heavy (non-hydrogen) atoms. The number of nitrogens with one attached hydrogen (secondary N) is 1. The molecular weight excluding hydrogens is 218 g/mol. The molecule has 90 valence electrons. The molecule has 0 spiro atoms. The Morgan fingerprint density at radius 2 is 2.18 bits per heavy atom. The normalized spacial score (nSPS) is 15.9. The minimum absolute atomic E-state index is 0.232. The lowest BCUT2D eigenvalue weighted by Crippen LogP contribution is -2.49. The third-order valence-electron chi connectivity index (χ3n) is 2.88. The van der Waals surface area contributed by atoms with E-state index in [1.54, 1.807) is 6.07 Å². The number of nitrogens with two attached hydrogens (primary N) is 1. The lowest BCUT2D eigenvalue weighted by molar-refractivity contribution is -0.120. The molecule has 2 rings (SSSR count). The summed E-state index contributed by atoms with van der Waals surface area (Å²) in [6.45, 7) is 2.42. The first-order valence-corrected chi connectivity index (χ1v) is 5.61. The summed E-state index contributed by atoms with van der Waals surface area (Å²) >= 11 is 0. The van der Waals surface area contributed by atoms with Crippen molar-refractivity contribution in [1.29, 1.82) is 0 Å². The van der Waals surface area contributed by atoms with Crippen LogP contribution < -0.4 is 16.0 Å². The zero-order valence-corrected chi connectivity index (χ0v) is 9.69. The summed E-state index contributed by atoms with van der Waals surface area (Å²) in [7, 11) is 0. The number of benzene rings is 1. The van der Waals surface area contributed by atoms with Crippen LogP contribution in [0.2, 0.25) is 0 Å². The number of aryl methyl sites for hydroxylation is 1. The predicted octanol–water partition coefficient (Wildman–Crippen LogP) is 1.28. The van der Waals surface area contributed by atoms with E-state index >= 15 is 0 Å². The van der Waals surface area contributed by atoms with E-state index in [2.05, 4.69) is 5.32 Å². The molecule has 1 aliphatic rings. The number of hydrogen-bond donors (Lipinski definition) is 2. The van der Waals surface area contributed by atoms with Gasteiger partial charge in [0.15, 0.2) is 0 Å². The van der Waals surface area contributed by atoms with Gasteiger partial charge in [-0.1, -0.05) is 13.0 Å². The fourth-order valence-electron chi connectivity index (χ4n) is 1.88. The minimum Gasteiger partial charge on any atom is -0.398 e. The summed E-state index contributed by atoms with van der Waals surface area (Å²) in [6.07, 6.45) is 1.18. The highest BCUT2D eigenvalue weighted by Gasteiger charge is 2.24. The van der Waals surface area contributed by atoms with Gasteiger partial charge in [-0.15, -0.1) is 0 Å². The van der Waals surface area contributed by atoms with Crippen LogP contribution in [-0.4, -0.2) is 18.5 Å². The minimum atomic E-state index is -0.384. The van der Waals surface area contributed by atoms with Gasteiger partial charge in [0.05, 0.1) is 0 Å². The molecule has 1 heterocycles. The van der Waals surface area contributed by atoms with Crippen LogP contribution in [0, 0.1) is 0 Å². The van der Waals surface area contributed by atoms with Crippen molar-refractivity contribution in [2.75, 3.05) is 17.2 Å². The molecule has 0 radical (unpaired) electrons. The quantitative estimate of drug-likeness (QED) is 0.755. The number of amides is 3. The zero-order valence-electron chi connectivity index (χ0n) is 9.69. The Morgan fingerprint density at radius 1 is 1.41 bits per heavy atom. The highest BCUT2D eigenvalue weighted by molar-refractivity contribution is 6.05. The van der Waals surface area contributed by atoms with Crippen molar-refractivity contribution in [3.8, 4) is 0 Å². The van der Waals surface area contributed by atoms with Crippen molar-refractivity contribution in [3.63, 3.8) is 0 Å². The van der Waals surface area contributed by atoms with Gasteiger partial charge in [-0.2, -0.15) is 0 Å². The summed E-state index contributed by atoms with van der Waals surface area (Å²) in [5.74, 6) is -0.232. The second-order valence-electron chi connectivity index (χ2n) is 3.99. The number of nitrogen functional groups attached to an aromatic ring is 1. The molecule has 5 nitrogen and oxygen atoms in total. The van der Waals surface area contributed by atoms with Crippen molar-refractivity contribution in [2.24, 2.45) is 0 Å². The number of nitrogens with zero attached hydrogens (tertiary/aromatic N) is 1. The molecule has 1 fully saturated rings. The van der Waals surface area contributed by atoms with Crippen molar-refractivity contribution < 1.29 is 9.59 Å². The number of urea groups is 1. The van der Waals surface area contributed by atoms with Gasteiger partial charge >= 0.3 is 6.03 Å². The van der Waals surface area contributed by atoms with Crippen molar-refractivity contribution >= 4 is 23.3 Å². The molecule has 0 aliphatic carbocycles. The van der Waals surface area contributed by atoms with E-state index in [0.29, 0.717) is 18.7 Å². The molecule has 3 amide bonds. The van der Waals surface area contributed by atoms with E-state index in [1.807, 2.05) is 19.1 Å². The molecule has 0 saturated carbocycles. The van der Waals surface area contributed by atoms with E-state index < -0.39 is 0 Å². The first-order chi connectivity index (χ1) is 8.11. The van der Waals surface area contributed by atoms with E-state index in [4.69, 9.17) is 5.73 Å². The second-order valence-corrected chi connectivity index (χ2v) is 3.99. The lowest BCUT2D eigenvalue weighted by Gasteiger charge is -2.27. The Hall–Kier alpha value is -2.04. The maximum atomic E-state index is 11.6. The molecule has 3 N–H and O–H groups in total. The van der Waals surface area contributed by atoms with Crippen molar-refractivity contribution in [1.82, 2.24) is 5.32 Å². The third kappa shape index (κ3) is 2.22. The first-order valence-electron chi connectivity index (χ1n) is 5.61. The highest BCUT2D eigenvalue weighted by Crippen LogP contribution is 2.23. The number of rotatable bonds is 2. The van der Waals surface area contributed by atoms with E-state index in [-0.39, 0.29) is 11.9 Å². The lowest BCUT2D eigenvalue weighted by atomic mass is 10.1. The maximum absolute atomic E-state index is 11.6. The Labute approximate surface area is 99.6 Å². The molecule has 1 aromatic rings. The molecule has 5 heteroatoms. The van der Waals surface area contributed by atoms with E-state index in [9.17, 15) is 9.59 Å². The predicted molar refractivity (Wildman–Crippen MR) is 65.7 cm³/mol. The van der Waals surface area contributed by atoms with Crippen LogP contribution in [-0.2, 0) is 11.2 Å². The standard InChI is InChI=1S/C12H15N3O2/c1-2-8-3-4-9(7-10(8)13)15-6-5-11(16)14-12(15)17/h3-4,7H,2,5-6,13H2,1H3,(H,14,16,17). The van der Waals surface area contributed by atoms with Crippen LogP contribution in [0.4, 0.5) is 16.2 Å². The van der Waals surface area contributed by atoms with Crippen molar-refractivity contribution in [2.45, 2.75) is 19.8 Å². The zero-order chi connectivity index (χ0) is 12.4. The van der Waals surface area contributed by atoms with Gasteiger partial charge in [0.1, 0.15) is 0 Å². The van der Waals surface area contributed by atoms with Crippen LogP contribution in [0.25, 0.3) is 0 Å². The molecular formula is C12H15N3O2. The SMILES string of the molecule is CCc1ccc(N2CCC(=O)NC2=O)cc1N. The molecule has 0 bridgehead atoms. The maximum Gasteiger partial charge on any atom is 0.328 e. The largest absolute Gasteiger partial charge is 0.398 e. The summed E-state index contributed by atoms with van der Waals surface area (Å²) < 4.78 is 0. The number of carbonyl (C=O) groups excluding carboxylic acids is 2. The monoisotopic (exact) mass is 233 g/mol. The number of anilines is 2. The van der Waals surface area contributed by atoms with Crippen LogP contribution in [0.5, 0.6) is 0 Å². The molecule has 1 aliphatic heterocycles. The number of imide groups is 1. The average molecular weight is 233 g/mol. The van der Waals surface area contributed by atoms with Crippen molar-refractivity contribution in [3.05, 3.63) is 23.8 Å². The fraction of sp³-hybridized carbons (Fsp3) is 0.333. The van der Waals surface area contributed by atoms with Gasteiger partial charge < -0.3 is 5.73 Å². The van der Waals surface area contributed by atoms with Crippen LogP contribution >= 0.6 is 0 Å². The Bertz CT molecular complexity index is 471. The molecule has 1 saturated heterocycles. The van der Waals surface area contributed by atoms with E-state index in [1.165, 1.54) is 4.90 Å². The van der Waals surface area contributed by atoms with Crippen LogP contribution in [0.3, 0.4) is 0 Å². The molecule has 0 atom stereocenters. The van der Waals surface area contributed by atoms with Gasteiger partial charge in [0.25, 0.3) is 0 Å².